The molecular formula is C21H26N3O9Se. The van der Waals surface area contributed by atoms with Crippen molar-refractivity contribution in [2.24, 2.45) is 4.99 Å². The molecule has 2 rings (SSSR count). The predicted molar refractivity (Wildman–Crippen MR) is 120 cm³/mol. The van der Waals surface area contributed by atoms with Crippen LogP contribution < -0.4 is 11.1 Å². The molecule has 0 aliphatic carbocycles. The fourth-order valence-corrected chi connectivity index (χ4v) is 3.61. The van der Waals surface area contributed by atoms with Crippen LogP contribution in [0, 0.1) is 0 Å². The van der Waals surface area contributed by atoms with E-state index in [1.54, 1.807) is 24.3 Å². The van der Waals surface area contributed by atoms with Gasteiger partial charge in [0, 0.05) is 0 Å². The van der Waals surface area contributed by atoms with Gasteiger partial charge in [-0.25, -0.2) is 0 Å². The van der Waals surface area contributed by atoms with Gasteiger partial charge in [0.25, 0.3) is 0 Å². The Balaban J connectivity index is 2.43. The molecule has 1 aromatic carbocycles. The third kappa shape index (κ3) is 8.32. The normalized spacial score (nSPS) is 24.5. The fourth-order valence-electron chi connectivity index (χ4n) is 3.15. The van der Waals surface area contributed by atoms with Gasteiger partial charge in [0.2, 0.25) is 0 Å². The molecule has 0 aromatic heterocycles. The molecular weight excluding hydrogens is 517 g/mol. The SMILES string of the molecule is CC(=O)OCC1O[C@@H](/N=C(\[Se])Nc2ccc(N)cc2)C(OC(C)=O)C(OC(C)=O)[C@@H]1OC(C)=O. The average molecular weight is 543 g/mol. The van der Waals surface area contributed by atoms with Gasteiger partial charge in [-0.2, -0.15) is 0 Å². The number of hydrogen-bond acceptors (Lipinski definition) is 11. The first-order valence-electron chi connectivity index (χ1n) is 10.1. The summed E-state index contributed by atoms with van der Waals surface area (Å²) < 4.78 is 27.2. The summed E-state index contributed by atoms with van der Waals surface area (Å²) in [7, 11) is 0. The molecule has 185 valence electrons. The molecule has 1 aliphatic rings. The maximum absolute atomic E-state index is 11.9. The van der Waals surface area contributed by atoms with Gasteiger partial charge in [-0.1, -0.05) is 0 Å². The summed E-state index contributed by atoms with van der Waals surface area (Å²) in [5, 5.41) is 2.99. The molecule has 0 spiro atoms. The second-order valence-corrected chi connectivity index (χ2v) is 8.08. The molecule has 1 saturated heterocycles. The summed E-state index contributed by atoms with van der Waals surface area (Å²) in [5.41, 5.74) is 6.91. The van der Waals surface area contributed by atoms with Crippen molar-refractivity contribution in [3.63, 3.8) is 0 Å². The van der Waals surface area contributed by atoms with E-state index in [0.29, 0.717) is 11.4 Å². The molecule has 0 saturated carbocycles. The van der Waals surface area contributed by atoms with Crippen molar-refractivity contribution >= 4 is 56.0 Å². The molecule has 34 heavy (non-hydrogen) atoms. The van der Waals surface area contributed by atoms with Crippen molar-refractivity contribution in [3.05, 3.63) is 24.3 Å². The molecule has 3 N–H and O–H groups in total. The first-order valence-corrected chi connectivity index (χ1v) is 11.0. The number of nitrogens with zero attached hydrogens (tertiary/aromatic N) is 1. The van der Waals surface area contributed by atoms with E-state index < -0.39 is 54.5 Å². The van der Waals surface area contributed by atoms with E-state index in [2.05, 4.69) is 26.3 Å². The monoisotopic (exact) mass is 544 g/mol. The van der Waals surface area contributed by atoms with E-state index in [0.717, 1.165) is 20.8 Å². The van der Waals surface area contributed by atoms with Crippen LogP contribution in [-0.2, 0) is 42.9 Å². The minimum atomic E-state index is -1.29. The van der Waals surface area contributed by atoms with Crippen LogP contribution in [0.25, 0.3) is 0 Å². The number of ether oxygens (including phenoxy) is 5. The van der Waals surface area contributed by atoms with Gasteiger partial charge < -0.3 is 0 Å². The fraction of sp³-hybridized carbons (Fsp3) is 0.476. The zero-order chi connectivity index (χ0) is 25.4. The Labute approximate surface area is 204 Å². The van der Waals surface area contributed by atoms with Gasteiger partial charge in [0.15, 0.2) is 0 Å². The molecule has 5 atom stereocenters. The Hall–Kier alpha value is -3.15. The number of benzene rings is 1. The van der Waals surface area contributed by atoms with E-state index in [9.17, 15) is 19.2 Å². The third-order valence-electron chi connectivity index (χ3n) is 4.37. The first-order chi connectivity index (χ1) is 16.0. The topological polar surface area (TPSA) is 165 Å². The summed E-state index contributed by atoms with van der Waals surface area (Å²) in [6.07, 6.45) is -6.13. The maximum atomic E-state index is 11.9. The Morgan fingerprint density at radius 1 is 0.912 bits per heavy atom. The Bertz CT molecular complexity index is 938. The minimum absolute atomic E-state index is 0.241. The number of nitrogen functional groups attached to an aromatic ring is 1. The molecule has 1 heterocycles. The molecule has 1 aliphatic heterocycles. The second kappa shape index (κ2) is 12.4. The van der Waals surface area contributed by atoms with Gasteiger partial charge in [-0.3, -0.25) is 0 Å². The number of amidine groups is 1. The molecule has 0 amide bonds. The van der Waals surface area contributed by atoms with Crippen molar-refractivity contribution in [2.45, 2.75) is 58.3 Å². The summed E-state index contributed by atoms with van der Waals surface area (Å²) in [6, 6.07) is 6.80. The van der Waals surface area contributed by atoms with E-state index in [1.807, 2.05) is 0 Å². The number of carbonyl (C=O) groups is 4. The molecule has 3 unspecified atom stereocenters. The van der Waals surface area contributed by atoms with Gasteiger partial charge in [-0.05, 0) is 0 Å². The van der Waals surface area contributed by atoms with Gasteiger partial charge in [0.05, 0.1) is 0 Å². The standard InChI is InChI=1S/C21H26N3O9Se/c1-10(25)29-9-16-17(30-11(2)26)18(31-12(3)27)19(32-13(4)28)20(33-16)24-21(34)23-15-7-5-14(22)6-8-15/h5-8,16-20H,9,22H2,1-4H3,(H,23,24)/t16?,17-,18?,19?,20-/m1/s1. The summed E-state index contributed by atoms with van der Waals surface area (Å²) in [5.74, 6) is -2.75. The third-order valence-corrected chi connectivity index (χ3v) is 4.81. The number of anilines is 2. The summed E-state index contributed by atoms with van der Waals surface area (Å²) in [4.78, 5) is 51.2. The number of rotatable bonds is 7. The summed E-state index contributed by atoms with van der Waals surface area (Å²) >= 11 is 2.73. The Kier molecular flexibility index (Phi) is 9.84. The van der Waals surface area contributed by atoms with Crippen LogP contribution in [0.2, 0.25) is 0 Å². The molecule has 12 nitrogen and oxygen atoms in total. The Morgan fingerprint density at radius 2 is 1.44 bits per heavy atom. The quantitative estimate of drug-likeness (QED) is 0.121. The zero-order valence-corrected chi connectivity index (χ0v) is 20.7. The molecule has 1 radical (unpaired) electrons. The van der Waals surface area contributed by atoms with Gasteiger partial charge in [-0.15, -0.1) is 0 Å². The molecule has 1 aromatic rings. The zero-order valence-electron chi connectivity index (χ0n) is 19.0. The first kappa shape index (κ1) is 27.1. The van der Waals surface area contributed by atoms with Crippen molar-refractivity contribution in [1.29, 1.82) is 0 Å². The van der Waals surface area contributed by atoms with E-state index in [1.165, 1.54) is 6.92 Å². The number of nitrogens with two attached hydrogens (primary N) is 1. The number of aliphatic imine (C=N–C) groups is 1. The predicted octanol–water partition coefficient (Wildman–Crippen LogP) is 0.288. The van der Waals surface area contributed by atoms with Gasteiger partial charge in [0.1, 0.15) is 0 Å². The van der Waals surface area contributed by atoms with Crippen LogP contribution in [-0.4, -0.2) is 81.9 Å². The van der Waals surface area contributed by atoms with Crippen molar-refractivity contribution in [2.75, 3.05) is 17.7 Å². The number of nitrogens with one attached hydrogen (secondary N) is 1. The van der Waals surface area contributed by atoms with Crippen molar-refractivity contribution in [1.82, 2.24) is 0 Å². The number of esters is 4. The summed E-state index contributed by atoms with van der Waals surface area (Å²) in [6.45, 7) is 4.31. The Morgan fingerprint density at radius 3 is 1.97 bits per heavy atom. The second-order valence-electron chi connectivity index (χ2n) is 7.27. The average Bonchev–Trinajstić information content (AvgIpc) is 2.71. The van der Waals surface area contributed by atoms with Gasteiger partial charge >= 0.3 is 204 Å². The van der Waals surface area contributed by atoms with Crippen LogP contribution in [0.4, 0.5) is 11.4 Å². The van der Waals surface area contributed by atoms with E-state index in [-0.39, 0.29) is 11.3 Å². The van der Waals surface area contributed by atoms with Crippen molar-refractivity contribution < 1.29 is 42.9 Å². The van der Waals surface area contributed by atoms with E-state index in [4.69, 9.17) is 29.4 Å². The number of hydrogen-bond donors (Lipinski definition) is 2. The van der Waals surface area contributed by atoms with Crippen LogP contribution in [0.5, 0.6) is 0 Å². The van der Waals surface area contributed by atoms with Crippen LogP contribution in [0.15, 0.2) is 29.3 Å². The van der Waals surface area contributed by atoms with Crippen molar-refractivity contribution in [3.8, 4) is 0 Å². The van der Waals surface area contributed by atoms with Crippen LogP contribution in [0.1, 0.15) is 27.7 Å². The molecule has 0 bridgehead atoms. The number of carbonyl (C=O) groups excluding carboxylic acids is 4. The van der Waals surface area contributed by atoms with Crippen LogP contribution >= 0.6 is 0 Å². The van der Waals surface area contributed by atoms with Crippen LogP contribution in [0.3, 0.4) is 0 Å². The molecule has 1 fully saturated rings. The van der Waals surface area contributed by atoms with E-state index >= 15 is 0 Å². The molecule has 13 heteroatoms.